The molecule has 1 aromatic rings. The van der Waals surface area contributed by atoms with Gasteiger partial charge in [-0.2, -0.15) is 0 Å². The van der Waals surface area contributed by atoms with Crippen LogP contribution < -0.4 is 20.1 Å². The van der Waals surface area contributed by atoms with Crippen molar-refractivity contribution in [3.8, 4) is 11.5 Å². The van der Waals surface area contributed by atoms with Crippen LogP contribution in [0.3, 0.4) is 0 Å². The summed E-state index contributed by atoms with van der Waals surface area (Å²) in [6.45, 7) is 4.70. The number of carboxylic acids is 1. The van der Waals surface area contributed by atoms with Crippen LogP contribution >= 0.6 is 0 Å². The minimum atomic E-state index is -0.932. The Balaban J connectivity index is 1.62. The summed E-state index contributed by atoms with van der Waals surface area (Å²) < 4.78 is 11.6. The fourth-order valence-electron chi connectivity index (χ4n) is 3.23. The van der Waals surface area contributed by atoms with Gasteiger partial charge in [-0.1, -0.05) is 0 Å². The normalized spacial score (nSPS) is 23.4. The summed E-state index contributed by atoms with van der Waals surface area (Å²) in [6.07, 6.45) is 1.80. The first-order valence-corrected chi connectivity index (χ1v) is 8.70. The third-order valence-electron chi connectivity index (χ3n) is 4.46. The maximum absolute atomic E-state index is 11.8. The average molecular weight is 348 g/mol. The molecular weight excluding hydrogens is 324 g/mol. The molecule has 7 heteroatoms. The molecule has 3 atom stereocenters. The molecule has 1 fully saturated rings. The zero-order valence-electron chi connectivity index (χ0n) is 14.5. The molecule has 1 aliphatic carbocycles. The summed E-state index contributed by atoms with van der Waals surface area (Å²) in [6, 6.07) is 3.79. The molecule has 3 N–H and O–H groups in total. The van der Waals surface area contributed by atoms with E-state index in [9.17, 15) is 9.59 Å². The lowest BCUT2D eigenvalue weighted by atomic mass is 10.0. The second kappa shape index (κ2) is 7.21. The lowest BCUT2D eigenvalue weighted by Crippen LogP contribution is -2.38. The number of hydrogen-bond donors (Lipinski definition) is 3. The van der Waals surface area contributed by atoms with E-state index in [0.29, 0.717) is 6.61 Å². The first-order chi connectivity index (χ1) is 12.0. The van der Waals surface area contributed by atoms with Crippen LogP contribution in [-0.4, -0.2) is 42.4 Å². The number of carbonyl (C=O) groups is 2. The van der Waals surface area contributed by atoms with Crippen LogP contribution in [0.4, 0.5) is 4.79 Å². The monoisotopic (exact) mass is 348 g/mol. The second-order valence-corrected chi connectivity index (χ2v) is 6.56. The van der Waals surface area contributed by atoms with Gasteiger partial charge in [0.15, 0.2) is 0 Å². The molecule has 0 radical (unpaired) electrons. The van der Waals surface area contributed by atoms with Crippen molar-refractivity contribution in [3.05, 3.63) is 23.3 Å². The highest BCUT2D eigenvalue weighted by Gasteiger charge is 2.42. The Morgan fingerprint density at radius 1 is 1.40 bits per heavy atom. The number of benzene rings is 1. The maximum Gasteiger partial charge on any atom is 0.315 e. The fourth-order valence-corrected chi connectivity index (χ4v) is 3.23. The highest BCUT2D eigenvalue weighted by atomic mass is 16.5. The van der Waals surface area contributed by atoms with Crippen molar-refractivity contribution < 1.29 is 24.2 Å². The number of carbonyl (C=O) groups excluding carboxylic acids is 1. The smallest absolute Gasteiger partial charge is 0.315 e. The lowest BCUT2D eigenvalue weighted by molar-refractivity contribution is -0.136. The average Bonchev–Trinajstić information content (AvgIpc) is 3.18. The Bertz CT molecular complexity index is 676. The molecule has 1 heterocycles. The topological polar surface area (TPSA) is 96.9 Å². The van der Waals surface area contributed by atoms with E-state index in [-0.39, 0.29) is 37.1 Å². The standard InChI is InChI=1S/C18H24N2O5/c1-3-24-16-7-11-6-10(2)25-15(11)9-13(16)12-8-14(12)20-18(23)19-5-4-17(21)22/h7,9-10,12,14H,3-6,8H2,1-2H3,(H,21,22)(H2,19,20,23). The van der Waals surface area contributed by atoms with Gasteiger partial charge in [0.05, 0.1) is 13.0 Å². The second-order valence-electron chi connectivity index (χ2n) is 6.56. The molecule has 0 spiro atoms. The molecule has 0 saturated heterocycles. The van der Waals surface area contributed by atoms with Crippen LogP contribution in [0.1, 0.15) is 43.7 Å². The summed E-state index contributed by atoms with van der Waals surface area (Å²) in [5.74, 6) is 1.02. The number of ether oxygens (including phenoxy) is 2. The van der Waals surface area contributed by atoms with Gasteiger partial charge in [0.1, 0.15) is 17.6 Å². The van der Waals surface area contributed by atoms with Crippen molar-refractivity contribution in [1.29, 1.82) is 0 Å². The van der Waals surface area contributed by atoms with E-state index in [1.165, 1.54) is 0 Å². The summed E-state index contributed by atoms with van der Waals surface area (Å²) in [5, 5.41) is 14.0. The van der Waals surface area contributed by atoms with E-state index in [4.69, 9.17) is 14.6 Å². The summed E-state index contributed by atoms with van der Waals surface area (Å²) in [7, 11) is 0. The van der Waals surface area contributed by atoms with Gasteiger partial charge in [0.25, 0.3) is 0 Å². The molecule has 136 valence electrons. The van der Waals surface area contributed by atoms with Gasteiger partial charge < -0.3 is 25.2 Å². The first kappa shape index (κ1) is 17.4. The summed E-state index contributed by atoms with van der Waals surface area (Å²) >= 11 is 0. The Morgan fingerprint density at radius 3 is 2.92 bits per heavy atom. The SMILES string of the molecule is CCOc1cc2c(cc1C1CC1NC(=O)NCCC(=O)O)OC(C)C2. The van der Waals surface area contributed by atoms with Crippen molar-refractivity contribution >= 4 is 12.0 Å². The molecule has 1 aromatic carbocycles. The van der Waals surface area contributed by atoms with Crippen molar-refractivity contribution in [3.63, 3.8) is 0 Å². The molecule has 3 unspecified atom stereocenters. The maximum atomic E-state index is 11.8. The largest absolute Gasteiger partial charge is 0.494 e. The third kappa shape index (κ3) is 4.15. The van der Waals surface area contributed by atoms with Gasteiger partial charge in [-0.25, -0.2) is 4.79 Å². The van der Waals surface area contributed by atoms with E-state index >= 15 is 0 Å². The summed E-state index contributed by atoms with van der Waals surface area (Å²) in [4.78, 5) is 22.3. The number of hydrogen-bond acceptors (Lipinski definition) is 4. The van der Waals surface area contributed by atoms with Gasteiger partial charge in [0, 0.05) is 36.1 Å². The number of aliphatic carboxylic acids is 1. The fraction of sp³-hybridized carbons (Fsp3) is 0.556. The molecule has 25 heavy (non-hydrogen) atoms. The number of amides is 2. The van der Waals surface area contributed by atoms with Crippen LogP contribution in [0.2, 0.25) is 0 Å². The van der Waals surface area contributed by atoms with Crippen LogP contribution in [0.25, 0.3) is 0 Å². The van der Waals surface area contributed by atoms with E-state index in [1.807, 2.05) is 19.9 Å². The van der Waals surface area contributed by atoms with Crippen molar-refractivity contribution in [2.24, 2.45) is 0 Å². The van der Waals surface area contributed by atoms with Gasteiger partial charge in [0.2, 0.25) is 0 Å². The molecule has 7 nitrogen and oxygen atoms in total. The van der Waals surface area contributed by atoms with E-state index in [0.717, 1.165) is 35.5 Å². The number of rotatable bonds is 7. The van der Waals surface area contributed by atoms with Crippen LogP contribution in [0.15, 0.2) is 12.1 Å². The van der Waals surface area contributed by atoms with Gasteiger partial charge >= 0.3 is 12.0 Å². The highest BCUT2D eigenvalue weighted by molar-refractivity contribution is 5.76. The van der Waals surface area contributed by atoms with Crippen LogP contribution in [-0.2, 0) is 11.2 Å². The number of nitrogens with one attached hydrogen (secondary N) is 2. The molecule has 0 aromatic heterocycles. The van der Waals surface area contributed by atoms with Crippen molar-refractivity contribution in [2.75, 3.05) is 13.2 Å². The molecule has 1 saturated carbocycles. The van der Waals surface area contributed by atoms with Crippen LogP contribution in [0, 0.1) is 0 Å². The quantitative estimate of drug-likeness (QED) is 0.701. The zero-order chi connectivity index (χ0) is 18.0. The predicted molar refractivity (Wildman–Crippen MR) is 91.3 cm³/mol. The Kier molecular flexibility index (Phi) is 5.01. The molecular formula is C18H24N2O5. The molecule has 0 bridgehead atoms. The summed E-state index contributed by atoms with van der Waals surface area (Å²) in [5.41, 5.74) is 2.22. The minimum Gasteiger partial charge on any atom is -0.494 e. The van der Waals surface area contributed by atoms with Crippen molar-refractivity contribution in [2.45, 2.75) is 51.2 Å². The van der Waals surface area contributed by atoms with E-state index in [1.54, 1.807) is 0 Å². The molecule has 3 rings (SSSR count). The highest BCUT2D eigenvalue weighted by Crippen LogP contribution is 2.48. The zero-order valence-corrected chi connectivity index (χ0v) is 14.5. The van der Waals surface area contributed by atoms with Crippen molar-refractivity contribution in [1.82, 2.24) is 10.6 Å². The minimum absolute atomic E-state index is 0.0286. The van der Waals surface area contributed by atoms with E-state index in [2.05, 4.69) is 16.7 Å². The lowest BCUT2D eigenvalue weighted by Gasteiger charge is -2.13. The molecule has 2 aliphatic rings. The Labute approximate surface area is 146 Å². The molecule has 1 aliphatic heterocycles. The Morgan fingerprint density at radius 2 is 2.20 bits per heavy atom. The van der Waals surface area contributed by atoms with Crippen LogP contribution in [0.5, 0.6) is 11.5 Å². The number of urea groups is 1. The molecule has 2 amide bonds. The van der Waals surface area contributed by atoms with Gasteiger partial charge in [-0.3, -0.25) is 4.79 Å². The van der Waals surface area contributed by atoms with Gasteiger partial charge in [-0.15, -0.1) is 0 Å². The van der Waals surface area contributed by atoms with Gasteiger partial charge in [-0.05, 0) is 32.4 Å². The number of carboxylic acid groups (broad SMARTS) is 1. The Hall–Kier alpha value is -2.44. The predicted octanol–water partition coefficient (Wildman–Crippen LogP) is 2.04. The van der Waals surface area contributed by atoms with E-state index < -0.39 is 5.97 Å². The first-order valence-electron chi connectivity index (χ1n) is 8.70. The third-order valence-corrected chi connectivity index (χ3v) is 4.46. The number of fused-ring (bicyclic) bond motifs is 1.